The topological polar surface area (TPSA) is 38.5 Å². The lowest BCUT2D eigenvalue weighted by molar-refractivity contribution is 0.0549. The Balaban J connectivity index is 1.92. The van der Waals surface area contributed by atoms with E-state index in [1.807, 2.05) is 6.07 Å². The van der Waals surface area contributed by atoms with E-state index in [1.165, 1.54) is 12.1 Å². The van der Waals surface area contributed by atoms with Gasteiger partial charge in [0.25, 0.3) is 0 Å². The van der Waals surface area contributed by atoms with Gasteiger partial charge in [-0.3, -0.25) is 0 Å². The molecule has 1 fully saturated rings. The van der Waals surface area contributed by atoms with Crippen molar-refractivity contribution in [2.24, 2.45) is 11.7 Å². The Bertz CT molecular complexity index is 405. The van der Waals surface area contributed by atoms with Crippen molar-refractivity contribution in [2.75, 3.05) is 26.8 Å². The summed E-state index contributed by atoms with van der Waals surface area (Å²) in [5, 5.41) is 0. The third kappa shape index (κ3) is 4.27. The van der Waals surface area contributed by atoms with E-state index >= 15 is 0 Å². The van der Waals surface area contributed by atoms with E-state index in [-0.39, 0.29) is 5.82 Å². The number of rotatable bonds is 5. The molecule has 1 aliphatic rings. The molecule has 4 heteroatoms. The highest BCUT2D eigenvalue weighted by molar-refractivity contribution is 5.27. The van der Waals surface area contributed by atoms with Gasteiger partial charge in [-0.2, -0.15) is 0 Å². The Morgan fingerprint density at radius 3 is 2.74 bits per heavy atom. The Morgan fingerprint density at radius 1 is 1.32 bits per heavy atom. The van der Waals surface area contributed by atoms with Crippen LogP contribution < -0.4 is 5.73 Å². The first-order valence-electron chi connectivity index (χ1n) is 6.92. The first kappa shape index (κ1) is 14.4. The van der Waals surface area contributed by atoms with Gasteiger partial charge in [0, 0.05) is 32.8 Å². The summed E-state index contributed by atoms with van der Waals surface area (Å²) in [6.45, 7) is 4.03. The third-order valence-corrected chi connectivity index (χ3v) is 3.74. The van der Waals surface area contributed by atoms with E-state index < -0.39 is 0 Å². The number of benzene rings is 1. The highest BCUT2D eigenvalue weighted by Crippen LogP contribution is 2.18. The lowest BCUT2D eigenvalue weighted by atomic mass is 9.99. The number of ether oxygens (including phenoxy) is 1. The number of hydrogen-bond acceptors (Lipinski definition) is 3. The van der Waals surface area contributed by atoms with Crippen LogP contribution >= 0.6 is 0 Å². The van der Waals surface area contributed by atoms with E-state index in [4.69, 9.17) is 10.5 Å². The molecular formula is C15H23FN2O. The van der Waals surface area contributed by atoms with Gasteiger partial charge in [0.1, 0.15) is 5.82 Å². The smallest absolute Gasteiger partial charge is 0.123 e. The molecule has 1 heterocycles. The molecule has 106 valence electrons. The monoisotopic (exact) mass is 266 g/mol. The van der Waals surface area contributed by atoms with E-state index in [9.17, 15) is 4.39 Å². The lowest BCUT2D eigenvalue weighted by Gasteiger charge is -2.27. The van der Waals surface area contributed by atoms with Gasteiger partial charge in [-0.15, -0.1) is 0 Å². The van der Waals surface area contributed by atoms with Crippen LogP contribution in [0.3, 0.4) is 0 Å². The zero-order valence-corrected chi connectivity index (χ0v) is 11.6. The third-order valence-electron chi connectivity index (χ3n) is 3.74. The average Bonchev–Trinajstić information content (AvgIpc) is 2.42. The molecule has 19 heavy (non-hydrogen) atoms. The maximum atomic E-state index is 13.2. The second-order valence-corrected chi connectivity index (χ2v) is 5.37. The number of halogens is 1. The highest BCUT2D eigenvalue weighted by atomic mass is 19.1. The van der Waals surface area contributed by atoms with E-state index in [0.717, 1.165) is 50.3 Å². The van der Waals surface area contributed by atoms with Gasteiger partial charge < -0.3 is 15.4 Å². The summed E-state index contributed by atoms with van der Waals surface area (Å²) in [5.74, 6) is 0.497. The van der Waals surface area contributed by atoms with Crippen molar-refractivity contribution < 1.29 is 9.13 Å². The van der Waals surface area contributed by atoms with Crippen molar-refractivity contribution >= 4 is 0 Å². The fourth-order valence-corrected chi connectivity index (χ4v) is 2.66. The van der Waals surface area contributed by atoms with Gasteiger partial charge in [0.2, 0.25) is 0 Å². The average molecular weight is 266 g/mol. The summed E-state index contributed by atoms with van der Waals surface area (Å²) in [4.78, 5) is 2.29. The van der Waals surface area contributed by atoms with Crippen molar-refractivity contribution in [3.63, 3.8) is 0 Å². The number of hydrogen-bond donors (Lipinski definition) is 1. The summed E-state index contributed by atoms with van der Waals surface area (Å²) >= 11 is 0. The number of nitrogens with zero attached hydrogens (tertiary/aromatic N) is 1. The van der Waals surface area contributed by atoms with Crippen LogP contribution in [0.2, 0.25) is 0 Å². The Morgan fingerprint density at radius 2 is 2.05 bits per heavy atom. The molecule has 1 saturated heterocycles. The minimum absolute atomic E-state index is 0.212. The quantitative estimate of drug-likeness (QED) is 0.887. The van der Waals surface area contributed by atoms with E-state index in [1.54, 1.807) is 0 Å². The lowest BCUT2D eigenvalue weighted by Crippen LogP contribution is -2.29. The molecule has 0 radical (unpaired) electrons. The molecule has 2 rings (SSSR count). The second-order valence-electron chi connectivity index (χ2n) is 5.37. The fraction of sp³-hybridized carbons (Fsp3) is 0.600. The van der Waals surface area contributed by atoms with Crippen LogP contribution in [0.4, 0.5) is 4.39 Å². The van der Waals surface area contributed by atoms with E-state index in [2.05, 4.69) is 11.9 Å². The van der Waals surface area contributed by atoms with Gasteiger partial charge >= 0.3 is 0 Å². The normalized spacial score (nSPS) is 17.1. The molecule has 0 amide bonds. The molecule has 3 nitrogen and oxygen atoms in total. The van der Waals surface area contributed by atoms with Crippen LogP contribution in [0, 0.1) is 11.7 Å². The second kappa shape index (κ2) is 6.98. The van der Waals surface area contributed by atoms with Crippen LogP contribution in [0.5, 0.6) is 0 Å². The first-order valence-corrected chi connectivity index (χ1v) is 6.92. The zero-order valence-electron chi connectivity index (χ0n) is 11.6. The largest absolute Gasteiger partial charge is 0.381 e. The number of nitrogens with two attached hydrogens (primary N) is 1. The minimum Gasteiger partial charge on any atom is -0.381 e. The minimum atomic E-state index is -0.212. The summed E-state index contributed by atoms with van der Waals surface area (Å²) in [6, 6.07) is 4.90. The van der Waals surface area contributed by atoms with Crippen molar-refractivity contribution in [3.05, 3.63) is 35.1 Å². The molecule has 0 bridgehead atoms. The molecule has 0 aromatic heterocycles. The summed E-state index contributed by atoms with van der Waals surface area (Å²) in [5.41, 5.74) is 7.70. The maximum Gasteiger partial charge on any atom is 0.123 e. The Labute approximate surface area is 114 Å². The zero-order chi connectivity index (χ0) is 13.7. The van der Waals surface area contributed by atoms with E-state index in [0.29, 0.717) is 12.5 Å². The van der Waals surface area contributed by atoms with Gasteiger partial charge in [0.05, 0.1) is 0 Å². The van der Waals surface area contributed by atoms with Crippen molar-refractivity contribution in [2.45, 2.75) is 25.9 Å². The molecule has 1 aromatic carbocycles. The van der Waals surface area contributed by atoms with Crippen molar-refractivity contribution in [1.29, 1.82) is 0 Å². The molecule has 0 unspecified atom stereocenters. The molecule has 1 aliphatic heterocycles. The van der Waals surface area contributed by atoms with Gasteiger partial charge in [-0.25, -0.2) is 4.39 Å². The predicted molar refractivity (Wildman–Crippen MR) is 74.2 cm³/mol. The van der Waals surface area contributed by atoms with Crippen LogP contribution in [0.1, 0.15) is 24.0 Å². The first-order chi connectivity index (χ1) is 9.19. The summed E-state index contributed by atoms with van der Waals surface area (Å²) < 4.78 is 18.5. The Kier molecular flexibility index (Phi) is 5.31. The molecule has 0 atom stereocenters. The standard InChI is InChI=1S/C15H23FN2O/c1-18(10-12-4-6-19-7-5-12)11-13-2-3-15(16)8-14(13)9-17/h2-3,8,12H,4-7,9-11,17H2,1H3. The van der Waals surface area contributed by atoms with Gasteiger partial charge in [-0.05, 0) is 49.1 Å². The molecule has 2 N–H and O–H groups in total. The van der Waals surface area contributed by atoms with Crippen LogP contribution in [-0.2, 0) is 17.8 Å². The van der Waals surface area contributed by atoms with Gasteiger partial charge in [0.15, 0.2) is 0 Å². The Hall–Kier alpha value is -0.970. The predicted octanol–water partition coefficient (Wildman–Crippen LogP) is 2.14. The molecule has 0 saturated carbocycles. The van der Waals surface area contributed by atoms with Crippen LogP contribution in [-0.4, -0.2) is 31.7 Å². The molecular weight excluding hydrogens is 243 g/mol. The fourth-order valence-electron chi connectivity index (χ4n) is 2.66. The highest BCUT2D eigenvalue weighted by Gasteiger charge is 2.16. The summed E-state index contributed by atoms with van der Waals surface area (Å²) in [6.07, 6.45) is 2.27. The van der Waals surface area contributed by atoms with Crippen LogP contribution in [0.15, 0.2) is 18.2 Å². The molecule has 1 aromatic rings. The van der Waals surface area contributed by atoms with Crippen LogP contribution in [0.25, 0.3) is 0 Å². The maximum absolute atomic E-state index is 13.2. The molecule has 0 spiro atoms. The molecule has 0 aliphatic carbocycles. The SMILES string of the molecule is CN(Cc1ccc(F)cc1CN)CC1CCOCC1. The van der Waals surface area contributed by atoms with Crippen molar-refractivity contribution in [1.82, 2.24) is 4.90 Å². The van der Waals surface area contributed by atoms with Crippen molar-refractivity contribution in [3.8, 4) is 0 Å². The summed E-state index contributed by atoms with van der Waals surface area (Å²) in [7, 11) is 2.11. The van der Waals surface area contributed by atoms with Gasteiger partial charge in [-0.1, -0.05) is 6.07 Å².